The van der Waals surface area contributed by atoms with Gasteiger partial charge in [-0.1, -0.05) is 12.1 Å². The van der Waals surface area contributed by atoms with Crippen LogP contribution in [-0.4, -0.2) is 24.5 Å². The SMILES string of the molecule is CC(C)Nc1ccc(C2=NNC(=O)Cc3cc4c(cc32)OCO4)cc1. The van der Waals surface area contributed by atoms with Gasteiger partial charge in [0.1, 0.15) is 0 Å². The van der Waals surface area contributed by atoms with Crippen LogP contribution in [0.2, 0.25) is 0 Å². The molecule has 6 nitrogen and oxygen atoms in total. The smallest absolute Gasteiger partial charge is 0.244 e. The summed E-state index contributed by atoms with van der Waals surface area (Å²) in [6, 6.07) is 12.1. The average Bonchev–Trinajstić information content (AvgIpc) is 2.96. The second-order valence-electron chi connectivity index (χ2n) is 6.41. The highest BCUT2D eigenvalue weighted by atomic mass is 16.7. The molecular formula is C19H19N3O3. The van der Waals surface area contributed by atoms with Crippen LogP contribution in [-0.2, 0) is 11.2 Å². The first-order chi connectivity index (χ1) is 12.1. The summed E-state index contributed by atoms with van der Waals surface area (Å²) in [5.41, 5.74) is 7.06. The molecule has 2 N–H and O–H groups in total. The molecule has 25 heavy (non-hydrogen) atoms. The molecule has 128 valence electrons. The molecule has 0 radical (unpaired) electrons. The Morgan fingerprint density at radius 1 is 1.12 bits per heavy atom. The molecule has 0 unspecified atom stereocenters. The van der Waals surface area contributed by atoms with E-state index in [-0.39, 0.29) is 19.1 Å². The number of hydrogen-bond donors (Lipinski definition) is 2. The lowest BCUT2D eigenvalue weighted by Gasteiger charge is -2.12. The monoisotopic (exact) mass is 337 g/mol. The van der Waals surface area contributed by atoms with Crippen LogP contribution in [0.15, 0.2) is 41.5 Å². The number of fused-ring (bicyclic) bond motifs is 2. The van der Waals surface area contributed by atoms with Gasteiger partial charge in [-0.25, -0.2) is 5.43 Å². The second-order valence-corrected chi connectivity index (χ2v) is 6.41. The molecule has 0 aromatic heterocycles. The van der Waals surface area contributed by atoms with E-state index in [0.29, 0.717) is 17.5 Å². The highest BCUT2D eigenvalue weighted by Gasteiger charge is 2.24. The maximum absolute atomic E-state index is 12.0. The fraction of sp³-hybridized carbons (Fsp3) is 0.263. The van der Waals surface area contributed by atoms with Gasteiger partial charge in [-0.3, -0.25) is 4.79 Å². The van der Waals surface area contributed by atoms with Gasteiger partial charge in [-0.15, -0.1) is 0 Å². The first kappa shape index (κ1) is 15.5. The number of rotatable bonds is 3. The molecule has 0 atom stereocenters. The summed E-state index contributed by atoms with van der Waals surface area (Å²) < 4.78 is 10.9. The van der Waals surface area contributed by atoms with Crippen molar-refractivity contribution in [2.75, 3.05) is 12.1 Å². The molecule has 2 aromatic carbocycles. The number of amides is 1. The van der Waals surface area contributed by atoms with Gasteiger partial charge in [0.2, 0.25) is 12.7 Å². The Hall–Kier alpha value is -3.02. The minimum absolute atomic E-state index is 0.145. The van der Waals surface area contributed by atoms with Gasteiger partial charge < -0.3 is 14.8 Å². The second kappa shape index (κ2) is 6.12. The van der Waals surface area contributed by atoms with Crippen molar-refractivity contribution >= 4 is 17.3 Å². The van der Waals surface area contributed by atoms with Gasteiger partial charge >= 0.3 is 0 Å². The third kappa shape index (κ3) is 3.03. The van der Waals surface area contributed by atoms with Gasteiger partial charge in [0.25, 0.3) is 0 Å². The van der Waals surface area contributed by atoms with Crippen molar-refractivity contribution in [2.45, 2.75) is 26.3 Å². The summed E-state index contributed by atoms with van der Waals surface area (Å²) in [7, 11) is 0. The quantitative estimate of drug-likeness (QED) is 0.903. The molecule has 2 heterocycles. The van der Waals surface area contributed by atoms with E-state index in [2.05, 4.69) is 29.7 Å². The predicted molar refractivity (Wildman–Crippen MR) is 95.3 cm³/mol. The van der Waals surface area contributed by atoms with E-state index >= 15 is 0 Å². The number of ether oxygens (including phenoxy) is 2. The molecule has 2 aromatic rings. The van der Waals surface area contributed by atoms with Crippen molar-refractivity contribution < 1.29 is 14.3 Å². The van der Waals surface area contributed by atoms with Gasteiger partial charge in [-0.05, 0) is 43.7 Å². The molecule has 0 saturated heterocycles. The lowest BCUT2D eigenvalue weighted by Crippen LogP contribution is -2.18. The largest absolute Gasteiger partial charge is 0.454 e. The van der Waals surface area contributed by atoms with Crippen LogP contribution >= 0.6 is 0 Å². The average molecular weight is 337 g/mol. The zero-order chi connectivity index (χ0) is 17.4. The van der Waals surface area contributed by atoms with Gasteiger partial charge in [0.05, 0.1) is 12.1 Å². The van der Waals surface area contributed by atoms with E-state index in [1.54, 1.807) is 0 Å². The molecule has 0 bridgehead atoms. The summed E-state index contributed by atoms with van der Waals surface area (Å²) in [6.45, 7) is 4.39. The Kier molecular flexibility index (Phi) is 3.80. The number of carbonyl (C=O) groups is 1. The lowest BCUT2D eigenvalue weighted by molar-refractivity contribution is -0.120. The van der Waals surface area contributed by atoms with Crippen LogP contribution in [0.5, 0.6) is 11.5 Å². The maximum Gasteiger partial charge on any atom is 0.244 e. The number of benzene rings is 2. The van der Waals surface area contributed by atoms with Crippen molar-refractivity contribution in [3.8, 4) is 11.5 Å². The Balaban J connectivity index is 1.76. The van der Waals surface area contributed by atoms with Crippen LogP contribution in [0.4, 0.5) is 5.69 Å². The Labute approximate surface area is 145 Å². The third-order valence-electron chi connectivity index (χ3n) is 4.11. The molecule has 0 fully saturated rings. The first-order valence-electron chi connectivity index (χ1n) is 8.26. The summed E-state index contributed by atoms with van der Waals surface area (Å²) in [4.78, 5) is 12.0. The highest BCUT2D eigenvalue weighted by molar-refractivity contribution is 6.15. The van der Waals surface area contributed by atoms with Crippen LogP contribution < -0.4 is 20.2 Å². The highest BCUT2D eigenvalue weighted by Crippen LogP contribution is 2.36. The van der Waals surface area contributed by atoms with Crippen molar-refractivity contribution in [1.29, 1.82) is 0 Å². The number of anilines is 1. The Bertz CT molecular complexity index is 857. The normalized spacial score (nSPS) is 15.3. The summed E-state index contributed by atoms with van der Waals surface area (Å²) in [6.07, 6.45) is 0.256. The van der Waals surface area contributed by atoms with Gasteiger partial charge in [0, 0.05) is 22.9 Å². The van der Waals surface area contributed by atoms with E-state index in [4.69, 9.17) is 9.47 Å². The minimum atomic E-state index is -0.145. The standard InChI is InChI=1S/C19H19N3O3/c1-11(2)20-14-5-3-12(4-6-14)19-15-9-17-16(24-10-25-17)7-13(15)8-18(23)21-22-19/h3-7,9,11,20H,8,10H2,1-2H3,(H,21,23). The number of nitrogens with zero attached hydrogens (tertiary/aromatic N) is 1. The van der Waals surface area contributed by atoms with E-state index in [1.165, 1.54) is 0 Å². The number of hydrazone groups is 1. The predicted octanol–water partition coefficient (Wildman–Crippen LogP) is 2.66. The van der Waals surface area contributed by atoms with Crippen LogP contribution in [0.25, 0.3) is 0 Å². The van der Waals surface area contributed by atoms with Gasteiger partial charge in [-0.2, -0.15) is 5.10 Å². The number of carbonyl (C=O) groups excluding carboxylic acids is 1. The number of hydrogen-bond acceptors (Lipinski definition) is 5. The maximum atomic E-state index is 12.0. The summed E-state index contributed by atoms with van der Waals surface area (Å²) >= 11 is 0. The fourth-order valence-corrected chi connectivity index (χ4v) is 3.02. The molecule has 0 spiro atoms. The third-order valence-corrected chi connectivity index (χ3v) is 4.11. The lowest BCUT2D eigenvalue weighted by atomic mass is 9.95. The Morgan fingerprint density at radius 2 is 1.84 bits per heavy atom. The van der Waals surface area contributed by atoms with E-state index < -0.39 is 0 Å². The molecular weight excluding hydrogens is 318 g/mol. The van der Waals surface area contributed by atoms with Crippen LogP contribution in [0.1, 0.15) is 30.5 Å². The minimum Gasteiger partial charge on any atom is -0.454 e. The summed E-state index contributed by atoms with van der Waals surface area (Å²) in [5.74, 6) is 1.20. The molecule has 4 rings (SSSR count). The zero-order valence-electron chi connectivity index (χ0n) is 14.1. The van der Waals surface area contributed by atoms with Crippen molar-refractivity contribution in [3.05, 3.63) is 53.1 Å². The van der Waals surface area contributed by atoms with E-state index in [1.807, 2.05) is 36.4 Å². The molecule has 2 aliphatic heterocycles. The van der Waals surface area contributed by atoms with E-state index in [0.717, 1.165) is 28.1 Å². The van der Waals surface area contributed by atoms with Crippen LogP contribution in [0.3, 0.4) is 0 Å². The van der Waals surface area contributed by atoms with Crippen molar-refractivity contribution in [1.82, 2.24) is 5.43 Å². The first-order valence-corrected chi connectivity index (χ1v) is 8.26. The number of nitrogens with one attached hydrogen (secondary N) is 2. The molecule has 0 saturated carbocycles. The zero-order valence-corrected chi connectivity index (χ0v) is 14.1. The van der Waals surface area contributed by atoms with Crippen molar-refractivity contribution in [3.63, 3.8) is 0 Å². The molecule has 1 amide bonds. The topological polar surface area (TPSA) is 72.0 Å². The fourth-order valence-electron chi connectivity index (χ4n) is 3.02. The molecule has 6 heteroatoms. The van der Waals surface area contributed by atoms with Crippen molar-refractivity contribution in [2.24, 2.45) is 5.10 Å². The van der Waals surface area contributed by atoms with Gasteiger partial charge in [0.15, 0.2) is 11.5 Å². The van der Waals surface area contributed by atoms with Crippen LogP contribution in [0, 0.1) is 0 Å². The molecule has 0 aliphatic carbocycles. The Morgan fingerprint density at radius 3 is 2.56 bits per heavy atom. The summed E-state index contributed by atoms with van der Waals surface area (Å²) in [5, 5.41) is 7.69. The molecule has 2 aliphatic rings. The van der Waals surface area contributed by atoms with E-state index in [9.17, 15) is 4.79 Å².